The van der Waals surface area contributed by atoms with Crippen LogP contribution in [0.15, 0.2) is 0 Å². The van der Waals surface area contributed by atoms with Crippen LogP contribution in [0.5, 0.6) is 0 Å². The van der Waals surface area contributed by atoms with Gasteiger partial charge in [0.2, 0.25) is 0 Å². The first-order valence-corrected chi connectivity index (χ1v) is 6.53. The lowest BCUT2D eigenvalue weighted by Crippen LogP contribution is -2.25. The summed E-state index contributed by atoms with van der Waals surface area (Å²) in [6.07, 6.45) is 11.7. The summed E-state index contributed by atoms with van der Waals surface area (Å²) in [6.45, 7) is 3.55. The molecule has 1 aliphatic carbocycles. The molecule has 1 rings (SSSR count). The monoisotopic (exact) mass is 197 g/mol. The van der Waals surface area contributed by atoms with E-state index in [0.717, 1.165) is 11.8 Å². The molecule has 2 unspecified atom stereocenters. The first-order chi connectivity index (χ1) is 6.88. The van der Waals surface area contributed by atoms with Gasteiger partial charge >= 0.3 is 0 Å². The summed E-state index contributed by atoms with van der Waals surface area (Å²) in [5, 5.41) is 3.37. The SMILES string of the molecule is CCCCC1CCCCCC1CNC. The Balaban J connectivity index is 2.37. The van der Waals surface area contributed by atoms with Gasteiger partial charge in [0.25, 0.3) is 0 Å². The van der Waals surface area contributed by atoms with Gasteiger partial charge in [0.05, 0.1) is 0 Å². The second-order valence-corrected chi connectivity index (χ2v) is 4.86. The predicted molar refractivity (Wildman–Crippen MR) is 63.5 cm³/mol. The van der Waals surface area contributed by atoms with Crippen molar-refractivity contribution in [3.63, 3.8) is 0 Å². The molecule has 0 aromatic rings. The van der Waals surface area contributed by atoms with E-state index < -0.39 is 0 Å². The van der Waals surface area contributed by atoms with Gasteiger partial charge in [0.1, 0.15) is 0 Å². The highest BCUT2D eigenvalue weighted by Crippen LogP contribution is 2.31. The zero-order chi connectivity index (χ0) is 10.2. The lowest BCUT2D eigenvalue weighted by atomic mass is 9.84. The Kier molecular flexibility index (Phi) is 6.25. The number of hydrogen-bond donors (Lipinski definition) is 1. The van der Waals surface area contributed by atoms with Gasteiger partial charge in [-0.25, -0.2) is 0 Å². The van der Waals surface area contributed by atoms with Crippen molar-refractivity contribution >= 4 is 0 Å². The molecule has 0 amide bonds. The van der Waals surface area contributed by atoms with Crippen LogP contribution in [-0.4, -0.2) is 13.6 Å². The molecule has 0 saturated heterocycles. The Labute approximate surface area is 89.7 Å². The minimum Gasteiger partial charge on any atom is -0.319 e. The molecule has 0 radical (unpaired) electrons. The topological polar surface area (TPSA) is 12.0 Å². The van der Waals surface area contributed by atoms with E-state index in [9.17, 15) is 0 Å². The van der Waals surface area contributed by atoms with Gasteiger partial charge in [-0.15, -0.1) is 0 Å². The molecule has 0 aromatic carbocycles. The minimum absolute atomic E-state index is 0.967. The van der Waals surface area contributed by atoms with E-state index in [4.69, 9.17) is 0 Å². The Morgan fingerprint density at radius 3 is 2.43 bits per heavy atom. The van der Waals surface area contributed by atoms with Gasteiger partial charge in [-0.2, -0.15) is 0 Å². The second kappa shape index (κ2) is 7.28. The van der Waals surface area contributed by atoms with Crippen LogP contribution in [0.1, 0.15) is 58.3 Å². The number of unbranched alkanes of at least 4 members (excludes halogenated alkanes) is 1. The number of rotatable bonds is 5. The molecular formula is C13H27N. The Bertz CT molecular complexity index is 133. The summed E-state index contributed by atoms with van der Waals surface area (Å²) < 4.78 is 0. The molecule has 0 heterocycles. The summed E-state index contributed by atoms with van der Waals surface area (Å²) in [5.41, 5.74) is 0. The highest BCUT2D eigenvalue weighted by molar-refractivity contribution is 4.75. The van der Waals surface area contributed by atoms with E-state index in [1.165, 1.54) is 57.9 Å². The summed E-state index contributed by atoms with van der Waals surface area (Å²) >= 11 is 0. The smallest absolute Gasteiger partial charge is 0.00209 e. The quantitative estimate of drug-likeness (QED) is 0.664. The summed E-state index contributed by atoms with van der Waals surface area (Å²) in [5.74, 6) is 1.99. The van der Waals surface area contributed by atoms with Crippen molar-refractivity contribution < 1.29 is 0 Å². The van der Waals surface area contributed by atoms with Crippen LogP contribution in [0.3, 0.4) is 0 Å². The van der Waals surface area contributed by atoms with Gasteiger partial charge in [0, 0.05) is 0 Å². The minimum atomic E-state index is 0.967. The molecule has 1 saturated carbocycles. The molecule has 1 aliphatic rings. The summed E-state index contributed by atoms with van der Waals surface area (Å²) in [7, 11) is 2.10. The zero-order valence-corrected chi connectivity index (χ0v) is 10.0. The van der Waals surface area contributed by atoms with E-state index in [-0.39, 0.29) is 0 Å². The first-order valence-electron chi connectivity index (χ1n) is 6.53. The van der Waals surface area contributed by atoms with Crippen LogP contribution in [-0.2, 0) is 0 Å². The fourth-order valence-corrected chi connectivity index (χ4v) is 2.84. The lowest BCUT2D eigenvalue weighted by Gasteiger charge is -2.24. The average Bonchev–Trinajstić information content (AvgIpc) is 2.41. The zero-order valence-electron chi connectivity index (χ0n) is 10.0. The van der Waals surface area contributed by atoms with Crippen LogP contribution in [0.4, 0.5) is 0 Å². The maximum absolute atomic E-state index is 3.37. The largest absolute Gasteiger partial charge is 0.319 e. The standard InChI is InChI=1S/C13H27N/c1-3-4-8-12-9-6-5-7-10-13(12)11-14-2/h12-14H,3-11H2,1-2H3. The maximum atomic E-state index is 3.37. The predicted octanol–water partition coefficient (Wildman–Crippen LogP) is 3.59. The van der Waals surface area contributed by atoms with Crippen molar-refractivity contribution in [2.75, 3.05) is 13.6 Å². The van der Waals surface area contributed by atoms with Crippen molar-refractivity contribution in [1.82, 2.24) is 5.32 Å². The molecule has 0 aliphatic heterocycles. The third kappa shape index (κ3) is 4.00. The van der Waals surface area contributed by atoms with Gasteiger partial charge in [-0.3, -0.25) is 0 Å². The van der Waals surface area contributed by atoms with Gasteiger partial charge in [-0.05, 0) is 31.8 Å². The Morgan fingerprint density at radius 2 is 1.79 bits per heavy atom. The van der Waals surface area contributed by atoms with E-state index in [1.807, 2.05) is 0 Å². The van der Waals surface area contributed by atoms with E-state index >= 15 is 0 Å². The van der Waals surface area contributed by atoms with E-state index in [1.54, 1.807) is 0 Å². The summed E-state index contributed by atoms with van der Waals surface area (Å²) in [6, 6.07) is 0. The van der Waals surface area contributed by atoms with Crippen LogP contribution in [0, 0.1) is 11.8 Å². The van der Waals surface area contributed by atoms with E-state index in [2.05, 4.69) is 19.3 Å². The molecule has 84 valence electrons. The molecule has 0 aromatic heterocycles. The van der Waals surface area contributed by atoms with Crippen LogP contribution in [0.25, 0.3) is 0 Å². The molecule has 1 fully saturated rings. The van der Waals surface area contributed by atoms with E-state index in [0.29, 0.717) is 0 Å². The fourth-order valence-electron chi connectivity index (χ4n) is 2.84. The van der Waals surface area contributed by atoms with Gasteiger partial charge in [0.15, 0.2) is 0 Å². The van der Waals surface area contributed by atoms with Crippen molar-refractivity contribution in [3.8, 4) is 0 Å². The molecule has 2 atom stereocenters. The Hall–Kier alpha value is -0.0400. The normalized spacial score (nSPS) is 28.7. The summed E-state index contributed by atoms with van der Waals surface area (Å²) in [4.78, 5) is 0. The molecule has 0 spiro atoms. The van der Waals surface area contributed by atoms with Gasteiger partial charge in [-0.1, -0.05) is 51.9 Å². The first kappa shape index (κ1) is 12.0. The van der Waals surface area contributed by atoms with Crippen molar-refractivity contribution in [2.24, 2.45) is 11.8 Å². The highest BCUT2D eigenvalue weighted by atomic mass is 14.8. The maximum Gasteiger partial charge on any atom is -0.00209 e. The molecular weight excluding hydrogens is 170 g/mol. The highest BCUT2D eigenvalue weighted by Gasteiger charge is 2.22. The van der Waals surface area contributed by atoms with Crippen molar-refractivity contribution in [1.29, 1.82) is 0 Å². The Morgan fingerprint density at radius 1 is 1.07 bits per heavy atom. The molecule has 1 heteroatoms. The van der Waals surface area contributed by atoms with Crippen LogP contribution < -0.4 is 5.32 Å². The van der Waals surface area contributed by atoms with Gasteiger partial charge < -0.3 is 5.32 Å². The third-order valence-corrected chi connectivity index (χ3v) is 3.71. The molecule has 0 bridgehead atoms. The number of hydrogen-bond acceptors (Lipinski definition) is 1. The van der Waals surface area contributed by atoms with Crippen LogP contribution >= 0.6 is 0 Å². The third-order valence-electron chi connectivity index (χ3n) is 3.71. The van der Waals surface area contributed by atoms with Crippen molar-refractivity contribution in [3.05, 3.63) is 0 Å². The van der Waals surface area contributed by atoms with Crippen LogP contribution in [0.2, 0.25) is 0 Å². The van der Waals surface area contributed by atoms with Crippen molar-refractivity contribution in [2.45, 2.75) is 58.3 Å². The number of nitrogens with one attached hydrogen (secondary N) is 1. The molecule has 14 heavy (non-hydrogen) atoms. The molecule has 1 nitrogen and oxygen atoms in total. The average molecular weight is 197 g/mol. The second-order valence-electron chi connectivity index (χ2n) is 4.86. The lowest BCUT2D eigenvalue weighted by molar-refractivity contribution is 0.282. The fraction of sp³-hybridized carbons (Fsp3) is 1.00. The molecule has 1 N–H and O–H groups in total.